The molecule has 0 bridgehead atoms. The highest BCUT2D eigenvalue weighted by Gasteiger charge is 2.39. The summed E-state index contributed by atoms with van der Waals surface area (Å²) >= 11 is 0. The molecule has 1 aliphatic heterocycles. The van der Waals surface area contributed by atoms with Crippen molar-refractivity contribution in [2.45, 2.75) is 85.9 Å². The minimum absolute atomic E-state index is 0.0825. The molecule has 0 aromatic heterocycles. The van der Waals surface area contributed by atoms with Crippen LogP contribution in [0.25, 0.3) is 0 Å². The SMILES string of the molecule is CCOC(=O)/C(C)=C/[C@H](C(C)C)N(C)C(=O)C(NC(=O)C1CCCCN1C)C(C)(C)C. The van der Waals surface area contributed by atoms with Crippen molar-refractivity contribution in [2.24, 2.45) is 11.3 Å². The quantitative estimate of drug-likeness (QED) is 0.466. The van der Waals surface area contributed by atoms with Gasteiger partial charge in [-0.3, -0.25) is 14.5 Å². The smallest absolute Gasteiger partial charge is 0.333 e. The van der Waals surface area contributed by atoms with Gasteiger partial charge in [-0.25, -0.2) is 4.79 Å². The van der Waals surface area contributed by atoms with Gasteiger partial charge >= 0.3 is 5.97 Å². The van der Waals surface area contributed by atoms with Gasteiger partial charge in [-0.05, 0) is 51.6 Å². The van der Waals surface area contributed by atoms with Gasteiger partial charge in [-0.2, -0.15) is 0 Å². The molecule has 0 saturated carbocycles. The first-order chi connectivity index (χ1) is 14.3. The summed E-state index contributed by atoms with van der Waals surface area (Å²) in [5.41, 5.74) is 0.00994. The van der Waals surface area contributed by atoms with E-state index in [2.05, 4.69) is 10.2 Å². The van der Waals surface area contributed by atoms with E-state index in [4.69, 9.17) is 4.74 Å². The second kappa shape index (κ2) is 11.7. The summed E-state index contributed by atoms with van der Waals surface area (Å²) in [6.45, 7) is 14.5. The van der Waals surface area contributed by atoms with Crippen LogP contribution >= 0.6 is 0 Å². The number of likely N-dealkylation sites (tertiary alicyclic amines) is 1. The number of nitrogens with zero attached hydrogens (tertiary/aromatic N) is 2. The van der Waals surface area contributed by atoms with E-state index in [0.29, 0.717) is 12.2 Å². The molecule has 0 aliphatic carbocycles. The average molecular weight is 438 g/mol. The van der Waals surface area contributed by atoms with Crippen LogP contribution in [0, 0.1) is 11.3 Å². The predicted octanol–water partition coefficient (Wildman–Crippen LogP) is 2.99. The van der Waals surface area contributed by atoms with Crippen LogP contribution in [0.1, 0.15) is 67.7 Å². The lowest BCUT2D eigenvalue weighted by Crippen LogP contribution is -2.59. The van der Waals surface area contributed by atoms with Gasteiger partial charge in [0.1, 0.15) is 6.04 Å². The molecule has 1 fully saturated rings. The van der Waals surface area contributed by atoms with Gasteiger partial charge in [0, 0.05) is 12.6 Å². The number of rotatable bonds is 8. The first-order valence-corrected chi connectivity index (χ1v) is 11.4. The third-order valence-electron chi connectivity index (χ3n) is 5.97. The van der Waals surface area contributed by atoms with Crippen LogP contribution in [0.15, 0.2) is 11.6 Å². The van der Waals surface area contributed by atoms with Crippen molar-refractivity contribution in [3.63, 3.8) is 0 Å². The van der Waals surface area contributed by atoms with E-state index in [1.807, 2.05) is 41.7 Å². The highest BCUT2D eigenvalue weighted by atomic mass is 16.5. The van der Waals surface area contributed by atoms with E-state index in [9.17, 15) is 14.4 Å². The van der Waals surface area contributed by atoms with Gasteiger partial charge < -0.3 is 15.0 Å². The van der Waals surface area contributed by atoms with E-state index in [-0.39, 0.29) is 35.8 Å². The molecule has 1 N–H and O–H groups in total. The summed E-state index contributed by atoms with van der Waals surface area (Å²) in [5.74, 6) is -0.553. The van der Waals surface area contributed by atoms with Gasteiger partial charge in [-0.1, -0.05) is 47.1 Å². The van der Waals surface area contributed by atoms with Crippen LogP contribution in [0.3, 0.4) is 0 Å². The molecule has 1 saturated heterocycles. The van der Waals surface area contributed by atoms with E-state index < -0.39 is 11.5 Å². The Morgan fingerprint density at radius 1 is 1.23 bits per heavy atom. The Morgan fingerprint density at radius 2 is 1.84 bits per heavy atom. The van der Waals surface area contributed by atoms with Crippen LogP contribution < -0.4 is 5.32 Å². The molecule has 1 rings (SSSR count). The Morgan fingerprint density at radius 3 is 2.32 bits per heavy atom. The number of piperidine rings is 1. The molecule has 0 radical (unpaired) electrons. The van der Waals surface area contributed by atoms with Crippen LogP contribution in [0.5, 0.6) is 0 Å². The number of carbonyl (C=O) groups is 3. The second-order valence-corrected chi connectivity index (χ2v) is 10.1. The third kappa shape index (κ3) is 7.63. The zero-order chi connectivity index (χ0) is 23.9. The van der Waals surface area contributed by atoms with Crippen molar-refractivity contribution < 1.29 is 19.1 Å². The molecule has 0 aromatic rings. The molecular weight excluding hydrogens is 394 g/mol. The summed E-state index contributed by atoms with van der Waals surface area (Å²) in [5, 5.41) is 3.04. The van der Waals surface area contributed by atoms with Gasteiger partial charge in [0.05, 0.1) is 18.7 Å². The number of amides is 2. The number of hydrogen-bond donors (Lipinski definition) is 1. The Labute approximate surface area is 188 Å². The normalized spacial score (nSPS) is 20.2. The van der Waals surface area contributed by atoms with Crippen molar-refractivity contribution in [1.29, 1.82) is 0 Å². The fourth-order valence-corrected chi connectivity index (χ4v) is 3.96. The molecule has 2 unspecified atom stereocenters. The maximum absolute atomic E-state index is 13.6. The summed E-state index contributed by atoms with van der Waals surface area (Å²) < 4.78 is 5.08. The summed E-state index contributed by atoms with van der Waals surface area (Å²) in [4.78, 5) is 42.4. The maximum Gasteiger partial charge on any atom is 0.333 e. The van der Waals surface area contributed by atoms with Gasteiger partial charge in [0.2, 0.25) is 11.8 Å². The zero-order valence-electron chi connectivity index (χ0n) is 20.9. The Hall–Kier alpha value is -1.89. The van der Waals surface area contributed by atoms with Crippen molar-refractivity contribution >= 4 is 17.8 Å². The van der Waals surface area contributed by atoms with Crippen LogP contribution in [-0.4, -0.2) is 73.0 Å². The Balaban J connectivity index is 3.10. The van der Waals surface area contributed by atoms with Crippen LogP contribution in [0.4, 0.5) is 0 Å². The largest absolute Gasteiger partial charge is 0.463 e. The summed E-state index contributed by atoms with van der Waals surface area (Å²) in [6, 6.07) is -1.17. The van der Waals surface area contributed by atoms with Gasteiger partial charge in [-0.15, -0.1) is 0 Å². The van der Waals surface area contributed by atoms with E-state index >= 15 is 0 Å². The maximum atomic E-state index is 13.6. The molecule has 7 heteroatoms. The zero-order valence-corrected chi connectivity index (χ0v) is 20.9. The average Bonchev–Trinajstić information content (AvgIpc) is 2.68. The molecular formula is C24H43N3O4. The second-order valence-electron chi connectivity index (χ2n) is 10.1. The highest BCUT2D eigenvalue weighted by molar-refractivity contribution is 5.91. The first-order valence-electron chi connectivity index (χ1n) is 11.4. The predicted molar refractivity (Wildman–Crippen MR) is 123 cm³/mol. The van der Waals surface area contributed by atoms with E-state index in [1.54, 1.807) is 31.9 Å². The molecule has 7 nitrogen and oxygen atoms in total. The van der Waals surface area contributed by atoms with Gasteiger partial charge in [0.15, 0.2) is 0 Å². The minimum Gasteiger partial charge on any atom is -0.463 e. The molecule has 1 aliphatic rings. The van der Waals surface area contributed by atoms with E-state index in [0.717, 1.165) is 25.8 Å². The lowest BCUT2D eigenvalue weighted by atomic mass is 9.84. The molecule has 0 spiro atoms. The number of ether oxygens (including phenoxy) is 1. The van der Waals surface area contributed by atoms with Crippen molar-refractivity contribution in [2.75, 3.05) is 27.2 Å². The number of hydrogen-bond acceptors (Lipinski definition) is 5. The summed E-state index contributed by atoms with van der Waals surface area (Å²) in [6.07, 6.45) is 4.70. The van der Waals surface area contributed by atoms with Crippen molar-refractivity contribution in [1.82, 2.24) is 15.1 Å². The molecule has 3 atom stereocenters. The molecule has 2 amide bonds. The fraction of sp³-hybridized carbons (Fsp3) is 0.792. The minimum atomic E-state index is -0.669. The van der Waals surface area contributed by atoms with Crippen molar-refractivity contribution in [3.05, 3.63) is 11.6 Å². The number of likely N-dealkylation sites (N-methyl/N-ethyl adjacent to an activating group) is 2. The Kier molecular flexibility index (Phi) is 10.2. The highest BCUT2D eigenvalue weighted by Crippen LogP contribution is 2.25. The third-order valence-corrected chi connectivity index (χ3v) is 5.97. The Bertz CT molecular complexity index is 666. The van der Waals surface area contributed by atoms with Gasteiger partial charge in [0.25, 0.3) is 0 Å². The van der Waals surface area contributed by atoms with E-state index in [1.165, 1.54) is 0 Å². The summed E-state index contributed by atoms with van der Waals surface area (Å²) in [7, 11) is 3.70. The first kappa shape index (κ1) is 27.1. The monoisotopic (exact) mass is 437 g/mol. The topological polar surface area (TPSA) is 79.0 Å². The standard InChI is InChI=1S/C24H43N3O4/c1-10-31-23(30)17(4)15-19(16(2)3)27(9)22(29)20(24(5,6)7)25-21(28)18-13-11-12-14-26(18)8/h15-16,18-20H,10-14H2,1-9H3,(H,25,28)/b17-15+/t18?,19-,20?/m1/s1. The number of carbonyl (C=O) groups excluding carboxylic acids is 3. The number of esters is 1. The lowest BCUT2D eigenvalue weighted by molar-refractivity contribution is -0.141. The molecule has 31 heavy (non-hydrogen) atoms. The van der Waals surface area contributed by atoms with Crippen molar-refractivity contribution in [3.8, 4) is 0 Å². The van der Waals surface area contributed by atoms with Crippen LogP contribution in [-0.2, 0) is 19.1 Å². The number of nitrogens with one attached hydrogen (secondary N) is 1. The fourth-order valence-electron chi connectivity index (χ4n) is 3.96. The van der Waals surface area contributed by atoms with Crippen LogP contribution in [0.2, 0.25) is 0 Å². The molecule has 0 aromatic carbocycles. The molecule has 178 valence electrons. The lowest BCUT2D eigenvalue weighted by Gasteiger charge is -2.39. The molecule has 1 heterocycles.